The highest BCUT2D eigenvalue weighted by Crippen LogP contribution is 2.14. The number of nitrogens with zero attached hydrogens (tertiary/aromatic N) is 2. The lowest BCUT2D eigenvalue weighted by Gasteiger charge is -2.29. The molecule has 2 rings (SSSR count). The van der Waals surface area contributed by atoms with Crippen LogP contribution in [0.3, 0.4) is 0 Å². The molecule has 0 saturated carbocycles. The molecule has 8 heteroatoms. The Hall–Kier alpha value is -0.630. The molecule has 2 atom stereocenters. The zero-order valence-electron chi connectivity index (χ0n) is 11.2. The second-order valence-electron chi connectivity index (χ2n) is 4.74. The van der Waals surface area contributed by atoms with Gasteiger partial charge in [0.15, 0.2) is 5.03 Å². The number of nitrogens with one attached hydrogen (secondary N) is 2. The lowest BCUT2D eigenvalue weighted by molar-refractivity contribution is 0.328. The van der Waals surface area contributed by atoms with Crippen molar-refractivity contribution in [1.29, 1.82) is 0 Å². The van der Waals surface area contributed by atoms with Crippen LogP contribution in [0.25, 0.3) is 0 Å². The van der Waals surface area contributed by atoms with E-state index in [4.69, 9.17) is 0 Å². The molecule has 0 amide bonds. The highest BCUT2D eigenvalue weighted by atomic mass is 35.5. The third-order valence-electron chi connectivity index (χ3n) is 3.34. The molecule has 0 aliphatic carbocycles. The normalized spacial score (nSPS) is 23.9. The zero-order chi connectivity index (χ0) is 13.2. The van der Waals surface area contributed by atoms with Crippen LogP contribution in [0.5, 0.6) is 0 Å². The summed E-state index contributed by atoms with van der Waals surface area (Å²) >= 11 is 0. The van der Waals surface area contributed by atoms with Gasteiger partial charge in [0.25, 0.3) is 10.0 Å². The van der Waals surface area contributed by atoms with Crippen LogP contribution < -0.4 is 10.0 Å². The summed E-state index contributed by atoms with van der Waals surface area (Å²) in [5.74, 6) is 0.293. The second kappa shape index (κ2) is 6.69. The van der Waals surface area contributed by atoms with Crippen LogP contribution in [0, 0.1) is 5.92 Å². The van der Waals surface area contributed by atoms with Gasteiger partial charge in [-0.15, -0.1) is 12.4 Å². The summed E-state index contributed by atoms with van der Waals surface area (Å²) in [6, 6.07) is -0.0111. The van der Waals surface area contributed by atoms with Crippen molar-refractivity contribution in [2.75, 3.05) is 13.1 Å². The van der Waals surface area contributed by atoms with Crippen molar-refractivity contribution in [3.63, 3.8) is 0 Å². The highest BCUT2D eigenvalue weighted by molar-refractivity contribution is 7.89. The molecule has 2 N–H and O–H groups in total. The fraction of sp³-hybridized carbons (Fsp3) is 0.727. The van der Waals surface area contributed by atoms with Crippen LogP contribution in [-0.4, -0.2) is 37.1 Å². The molecule has 19 heavy (non-hydrogen) atoms. The van der Waals surface area contributed by atoms with Gasteiger partial charge in [0, 0.05) is 18.8 Å². The average Bonchev–Trinajstić information content (AvgIpc) is 2.81. The average molecular weight is 309 g/mol. The van der Waals surface area contributed by atoms with Gasteiger partial charge < -0.3 is 9.88 Å². The molecule has 6 nitrogen and oxygen atoms in total. The minimum atomic E-state index is -3.49. The zero-order valence-corrected chi connectivity index (χ0v) is 12.8. The quantitative estimate of drug-likeness (QED) is 0.854. The molecule has 2 heterocycles. The van der Waals surface area contributed by atoms with E-state index in [1.807, 2.05) is 13.8 Å². The van der Waals surface area contributed by atoms with Crippen LogP contribution in [0.15, 0.2) is 17.6 Å². The summed E-state index contributed by atoms with van der Waals surface area (Å²) < 4.78 is 28.8. The van der Waals surface area contributed by atoms with Gasteiger partial charge >= 0.3 is 0 Å². The first-order valence-corrected chi connectivity index (χ1v) is 7.76. The smallest absolute Gasteiger partial charge is 0.259 e. The van der Waals surface area contributed by atoms with Crippen molar-refractivity contribution in [3.05, 3.63) is 12.5 Å². The number of aromatic nitrogens is 2. The molecule has 0 radical (unpaired) electrons. The maximum absolute atomic E-state index is 12.2. The third-order valence-corrected chi connectivity index (χ3v) is 4.72. The number of imidazole rings is 1. The van der Waals surface area contributed by atoms with E-state index >= 15 is 0 Å². The molecule has 0 bridgehead atoms. The summed E-state index contributed by atoms with van der Waals surface area (Å²) in [5, 5.41) is 3.36. The first-order valence-electron chi connectivity index (χ1n) is 6.27. The Kier molecular flexibility index (Phi) is 5.79. The number of hydrogen-bond acceptors (Lipinski definition) is 4. The Morgan fingerprint density at radius 1 is 1.58 bits per heavy atom. The molecule has 1 fully saturated rings. The topological polar surface area (TPSA) is 76.0 Å². The molecule has 1 saturated heterocycles. The minimum Gasteiger partial charge on any atom is -0.336 e. The van der Waals surface area contributed by atoms with E-state index in [1.165, 1.54) is 0 Å². The number of sulfonamides is 1. The monoisotopic (exact) mass is 308 g/mol. The predicted molar refractivity (Wildman–Crippen MR) is 75.9 cm³/mol. The van der Waals surface area contributed by atoms with Crippen LogP contribution >= 0.6 is 12.4 Å². The van der Waals surface area contributed by atoms with Crippen molar-refractivity contribution >= 4 is 22.4 Å². The molecule has 1 aliphatic rings. The summed E-state index contributed by atoms with van der Waals surface area (Å²) in [6.45, 7) is 6.40. The van der Waals surface area contributed by atoms with Crippen LogP contribution in [0.2, 0.25) is 0 Å². The maximum atomic E-state index is 12.2. The molecule has 1 aromatic heterocycles. The van der Waals surface area contributed by atoms with E-state index in [0.29, 0.717) is 12.5 Å². The Morgan fingerprint density at radius 2 is 2.32 bits per heavy atom. The van der Waals surface area contributed by atoms with Crippen molar-refractivity contribution in [2.45, 2.75) is 37.9 Å². The molecular weight excluding hydrogens is 288 g/mol. The molecule has 1 aromatic rings. The SMILES string of the molecule is CCn1cnc(S(=O)(=O)NC2CCNCC2C)c1.Cl. The number of piperidine rings is 1. The van der Waals surface area contributed by atoms with Crippen molar-refractivity contribution in [1.82, 2.24) is 19.6 Å². The Bertz CT molecular complexity index is 503. The van der Waals surface area contributed by atoms with Crippen molar-refractivity contribution in [3.8, 4) is 0 Å². The molecule has 1 aliphatic heterocycles. The van der Waals surface area contributed by atoms with Gasteiger partial charge in [0.05, 0.1) is 6.33 Å². The van der Waals surface area contributed by atoms with Crippen LogP contribution in [0.1, 0.15) is 20.3 Å². The fourth-order valence-corrected chi connectivity index (χ4v) is 3.43. The van der Waals surface area contributed by atoms with Gasteiger partial charge in [-0.25, -0.2) is 18.1 Å². The largest absolute Gasteiger partial charge is 0.336 e. The van der Waals surface area contributed by atoms with E-state index in [-0.39, 0.29) is 23.5 Å². The van der Waals surface area contributed by atoms with Gasteiger partial charge in [-0.3, -0.25) is 0 Å². The number of aryl methyl sites for hydroxylation is 1. The molecular formula is C11H21ClN4O2S. The Labute approximate surface area is 120 Å². The lowest BCUT2D eigenvalue weighted by atomic mass is 9.97. The van der Waals surface area contributed by atoms with E-state index in [0.717, 1.165) is 19.5 Å². The molecule has 0 aromatic carbocycles. The van der Waals surface area contributed by atoms with Gasteiger partial charge in [-0.1, -0.05) is 6.92 Å². The first kappa shape index (κ1) is 16.4. The van der Waals surface area contributed by atoms with E-state index in [1.54, 1.807) is 17.1 Å². The second-order valence-corrected chi connectivity index (χ2v) is 6.40. The summed E-state index contributed by atoms with van der Waals surface area (Å²) in [6.07, 6.45) is 3.92. The molecule has 110 valence electrons. The predicted octanol–water partition coefficient (Wildman–Crippen LogP) is 0.601. The number of hydrogen-bond donors (Lipinski definition) is 2. The third kappa shape index (κ3) is 3.92. The van der Waals surface area contributed by atoms with Gasteiger partial charge in [-0.05, 0) is 32.4 Å². The van der Waals surface area contributed by atoms with E-state index in [9.17, 15) is 8.42 Å². The van der Waals surface area contributed by atoms with Crippen LogP contribution in [0.4, 0.5) is 0 Å². The maximum Gasteiger partial charge on any atom is 0.259 e. The summed E-state index contributed by atoms with van der Waals surface area (Å²) in [5.41, 5.74) is 0. The minimum absolute atomic E-state index is 0. The Balaban J connectivity index is 0.00000180. The number of halogens is 1. The summed E-state index contributed by atoms with van der Waals surface area (Å²) in [4.78, 5) is 3.95. The van der Waals surface area contributed by atoms with E-state index < -0.39 is 10.0 Å². The van der Waals surface area contributed by atoms with Crippen molar-refractivity contribution in [2.24, 2.45) is 5.92 Å². The van der Waals surface area contributed by atoms with Crippen molar-refractivity contribution < 1.29 is 8.42 Å². The first-order chi connectivity index (χ1) is 8.53. The van der Waals surface area contributed by atoms with Gasteiger partial charge in [0.1, 0.15) is 0 Å². The van der Waals surface area contributed by atoms with Gasteiger partial charge in [-0.2, -0.15) is 0 Å². The van der Waals surface area contributed by atoms with Crippen LogP contribution in [-0.2, 0) is 16.6 Å². The lowest BCUT2D eigenvalue weighted by Crippen LogP contribution is -2.48. The number of rotatable bonds is 4. The molecule has 0 spiro atoms. The molecule has 2 unspecified atom stereocenters. The standard InChI is InChI=1S/C11H20N4O2S.ClH/c1-3-15-7-11(13-8-15)18(16,17)14-10-4-5-12-6-9(10)2;/h7-10,12,14H,3-6H2,1-2H3;1H. The highest BCUT2D eigenvalue weighted by Gasteiger charge is 2.27. The van der Waals surface area contributed by atoms with E-state index in [2.05, 4.69) is 15.0 Å². The fourth-order valence-electron chi connectivity index (χ4n) is 2.10. The Morgan fingerprint density at radius 3 is 2.89 bits per heavy atom. The van der Waals surface area contributed by atoms with Gasteiger partial charge in [0.2, 0.25) is 0 Å². The summed E-state index contributed by atoms with van der Waals surface area (Å²) in [7, 11) is -3.49.